The molecule has 0 fully saturated rings. The third-order valence-corrected chi connectivity index (χ3v) is 6.99. The Bertz CT molecular complexity index is 1720. The number of benzene rings is 4. The first-order valence-electron chi connectivity index (χ1n) is 12.1. The Morgan fingerprint density at radius 1 is 0.667 bits per heavy atom. The summed E-state index contributed by atoms with van der Waals surface area (Å²) in [5.74, 6) is 1.20. The van der Waals surface area contributed by atoms with E-state index in [1.165, 1.54) is 16.3 Å². The summed E-state index contributed by atoms with van der Waals surface area (Å²) in [5.41, 5.74) is 6.60. The molecule has 5 nitrogen and oxygen atoms in total. The van der Waals surface area contributed by atoms with Crippen LogP contribution in [-0.2, 0) is 6.54 Å². The van der Waals surface area contributed by atoms with Crippen molar-refractivity contribution in [2.45, 2.75) is 6.54 Å². The minimum absolute atomic E-state index is 0.287. The van der Waals surface area contributed by atoms with Crippen LogP contribution < -0.4 is 9.80 Å². The molecule has 0 saturated carbocycles. The summed E-state index contributed by atoms with van der Waals surface area (Å²) in [6.45, 7) is 1.42. The number of hydrogen-bond acceptors (Lipinski definition) is 4. The van der Waals surface area contributed by atoms with E-state index in [9.17, 15) is 5.11 Å². The van der Waals surface area contributed by atoms with E-state index in [2.05, 4.69) is 86.1 Å². The molecule has 5 heteroatoms. The Hall–Kier alpha value is -4.77. The van der Waals surface area contributed by atoms with E-state index >= 15 is 0 Å². The zero-order valence-electron chi connectivity index (χ0n) is 19.6. The van der Waals surface area contributed by atoms with Gasteiger partial charge in [-0.3, -0.25) is 4.57 Å². The Morgan fingerprint density at radius 3 is 2.22 bits per heavy atom. The van der Waals surface area contributed by atoms with E-state index in [1.807, 2.05) is 42.6 Å². The first-order chi connectivity index (χ1) is 17.8. The number of hydrogen-bond donors (Lipinski definition) is 1. The molecule has 2 aromatic heterocycles. The third-order valence-electron chi connectivity index (χ3n) is 6.99. The number of phenols is 1. The lowest BCUT2D eigenvalue weighted by Crippen LogP contribution is -2.27. The van der Waals surface area contributed by atoms with Gasteiger partial charge in [0.1, 0.15) is 11.6 Å². The number of aromatic nitrogens is 2. The fourth-order valence-electron chi connectivity index (χ4n) is 5.38. The van der Waals surface area contributed by atoms with Crippen LogP contribution in [0.4, 0.5) is 17.1 Å². The highest BCUT2D eigenvalue weighted by atomic mass is 16.3. The van der Waals surface area contributed by atoms with Crippen LogP contribution in [0.1, 0.15) is 5.56 Å². The minimum Gasteiger partial charge on any atom is -0.506 e. The third kappa shape index (κ3) is 3.21. The number of aromatic hydroxyl groups is 1. The van der Waals surface area contributed by atoms with E-state index in [4.69, 9.17) is 0 Å². The molecule has 3 heterocycles. The molecule has 6 aromatic rings. The van der Waals surface area contributed by atoms with E-state index in [-0.39, 0.29) is 5.75 Å². The predicted molar refractivity (Wildman–Crippen MR) is 146 cm³/mol. The molecule has 1 aliphatic rings. The van der Waals surface area contributed by atoms with Gasteiger partial charge in [0.05, 0.1) is 34.8 Å². The minimum atomic E-state index is 0.287. The Labute approximate surface area is 209 Å². The van der Waals surface area contributed by atoms with Crippen molar-refractivity contribution in [3.63, 3.8) is 0 Å². The standard InChI is InChI=1S/C31H24N4O/c36-30-14-6-5-13-28(30)34-21-33(26-11-3-4-12-27(26)34)20-22-16-17-24-23-9-1-2-10-25(23)35(29(24)19-22)31-15-7-8-18-32-31/h1-19,36H,20-21H2. The molecule has 36 heavy (non-hydrogen) atoms. The molecule has 0 atom stereocenters. The van der Waals surface area contributed by atoms with Crippen molar-refractivity contribution < 1.29 is 5.11 Å². The van der Waals surface area contributed by atoms with E-state index in [0.717, 1.165) is 40.5 Å². The molecular weight excluding hydrogens is 444 g/mol. The van der Waals surface area contributed by atoms with Gasteiger partial charge in [0.2, 0.25) is 0 Å². The van der Waals surface area contributed by atoms with Gasteiger partial charge in [0.15, 0.2) is 0 Å². The van der Waals surface area contributed by atoms with Gasteiger partial charge in [0.25, 0.3) is 0 Å². The lowest BCUT2D eigenvalue weighted by molar-refractivity contribution is 0.475. The number of nitrogens with zero attached hydrogens (tertiary/aromatic N) is 4. The molecular formula is C31H24N4O. The summed E-state index contributed by atoms with van der Waals surface area (Å²) in [4.78, 5) is 9.19. The van der Waals surface area contributed by atoms with Crippen LogP contribution in [0.2, 0.25) is 0 Å². The van der Waals surface area contributed by atoms with Gasteiger partial charge >= 0.3 is 0 Å². The van der Waals surface area contributed by atoms with Crippen LogP contribution in [0.25, 0.3) is 27.6 Å². The second-order valence-electron chi connectivity index (χ2n) is 9.14. The smallest absolute Gasteiger partial charge is 0.139 e. The van der Waals surface area contributed by atoms with Crippen molar-refractivity contribution >= 4 is 38.9 Å². The molecule has 7 rings (SSSR count). The molecule has 0 bridgehead atoms. The van der Waals surface area contributed by atoms with Crippen LogP contribution in [0.3, 0.4) is 0 Å². The Kier molecular flexibility index (Phi) is 4.67. The van der Waals surface area contributed by atoms with E-state index < -0.39 is 0 Å². The van der Waals surface area contributed by atoms with Gasteiger partial charge in [-0.15, -0.1) is 0 Å². The molecule has 0 radical (unpaired) electrons. The largest absolute Gasteiger partial charge is 0.506 e. The molecule has 0 spiro atoms. The van der Waals surface area contributed by atoms with Gasteiger partial charge in [0, 0.05) is 23.5 Å². The number of rotatable bonds is 4. The number of para-hydroxylation sites is 5. The molecule has 0 amide bonds. The first-order valence-corrected chi connectivity index (χ1v) is 12.1. The zero-order chi connectivity index (χ0) is 24.1. The Balaban J connectivity index is 1.32. The monoisotopic (exact) mass is 468 g/mol. The van der Waals surface area contributed by atoms with Crippen molar-refractivity contribution in [3.8, 4) is 11.6 Å². The van der Waals surface area contributed by atoms with Crippen LogP contribution >= 0.6 is 0 Å². The van der Waals surface area contributed by atoms with Gasteiger partial charge in [-0.05, 0) is 54.1 Å². The molecule has 4 aromatic carbocycles. The van der Waals surface area contributed by atoms with Crippen LogP contribution in [-0.4, -0.2) is 21.3 Å². The van der Waals surface area contributed by atoms with Gasteiger partial charge in [-0.2, -0.15) is 0 Å². The Morgan fingerprint density at radius 2 is 1.39 bits per heavy atom. The number of fused-ring (bicyclic) bond motifs is 4. The second-order valence-corrected chi connectivity index (χ2v) is 9.14. The second kappa shape index (κ2) is 8.17. The van der Waals surface area contributed by atoms with Crippen molar-refractivity contribution in [2.24, 2.45) is 0 Å². The maximum Gasteiger partial charge on any atom is 0.139 e. The van der Waals surface area contributed by atoms with Crippen molar-refractivity contribution in [1.82, 2.24) is 9.55 Å². The number of phenolic OH excluding ortho intramolecular Hbond substituents is 1. The number of pyridine rings is 1. The quantitative estimate of drug-likeness (QED) is 0.303. The topological polar surface area (TPSA) is 44.5 Å². The lowest BCUT2D eigenvalue weighted by Gasteiger charge is -2.22. The van der Waals surface area contributed by atoms with Crippen LogP contribution in [0, 0.1) is 0 Å². The molecule has 174 valence electrons. The summed E-state index contributed by atoms with van der Waals surface area (Å²) >= 11 is 0. The molecule has 1 aliphatic heterocycles. The van der Waals surface area contributed by atoms with Gasteiger partial charge < -0.3 is 14.9 Å². The summed E-state index contributed by atoms with van der Waals surface area (Å²) in [6.07, 6.45) is 1.84. The maximum atomic E-state index is 10.5. The number of anilines is 3. The van der Waals surface area contributed by atoms with E-state index in [1.54, 1.807) is 6.07 Å². The zero-order valence-corrected chi connectivity index (χ0v) is 19.6. The van der Waals surface area contributed by atoms with Crippen molar-refractivity contribution in [3.05, 3.63) is 121 Å². The van der Waals surface area contributed by atoms with Gasteiger partial charge in [-0.1, -0.05) is 60.7 Å². The summed E-state index contributed by atoms with van der Waals surface area (Å²) < 4.78 is 2.25. The average Bonchev–Trinajstić information content (AvgIpc) is 3.45. The van der Waals surface area contributed by atoms with Crippen LogP contribution in [0.15, 0.2) is 115 Å². The normalized spacial score (nSPS) is 13.0. The lowest BCUT2D eigenvalue weighted by atomic mass is 10.1. The molecule has 0 unspecified atom stereocenters. The fraction of sp³-hybridized carbons (Fsp3) is 0.0645. The van der Waals surface area contributed by atoms with Crippen LogP contribution in [0.5, 0.6) is 5.75 Å². The fourth-order valence-corrected chi connectivity index (χ4v) is 5.38. The molecule has 0 saturated heterocycles. The SMILES string of the molecule is Oc1ccccc1N1CN(Cc2ccc3c4ccccc4n(-c4ccccn4)c3c2)c2ccccc21. The molecule has 1 N–H and O–H groups in total. The highest BCUT2D eigenvalue weighted by Gasteiger charge is 2.28. The average molecular weight is 469 g/mol. The highest BCUT2D eigenvalue weighted by molar-refractivity contribution is 6.09. The summed E-state index contributed by atoms with van der Waals surface area (Å²) in [5, 5.41) is 13.0. The van der Waals surface area contributed by atoms with E-state index in [0.29, 0.717) is 6.67 Å². The maximum absolute atomic E-state index is 10.5. The van der Waals surface area contributed by atoms with Crippen molar-refractivity contribution in [1.29, 1.82) is 0 Å². The van der Waals surface area contributed by atoms with Gasteiger partial charge in [-0.25, -0.2) is 4.98 Å². The summed E-state index contributed by atoms with van der Waals surface area (Å²) in [6, 6.07) is 37.2. The highest BCUT2D eigenvalue weighted by Crippen LogP contribution is 2.44. The first kappa shape index (κ1) is 20.6. The summed E-state index contributed by atoms with van der Waals surface area (Å²) in [7, 11) is 0. The van der Waals surface area contributed by atoms with Crippen molar-refractivity contribution in [2.75, 3.05) is 16.5 Å². The predicted octanol–water partition coefficient (Wildman–Crippen LogP) is 7.00. The molecule has 0 aliphatic carbocycles.